The first-order valence-corrected chi connectivity index (χ1v) is 8.98. The quantitative estimate of drug-likeness (QED) is 0.852. The van der Waals surface area contributed by atoms with Gasteiger partial charge >= 0.3 is 0 Å². The van der Waals surface area contributed by atoms with Gasteiger partial charge in [-0.25, -0.2) is 0 Å². The highest BCUT2D eigenvalue weighted by molar-refractivity contribution is 5.80. The highest BCUT2D eigenvalue weighted by atomic mass is 16.5. The predicted molar refractivity (Wildman–Crippen MR) is 97.4 cm³/mol. The van der Waals surface area contributed by atoms with Crippen molar-refractivity contribution in [2.24, 2.45) is 11.7 Å². The summed E-state index contributed by atoms with van der Waals surface area (Å²) in [4.78, 5) is 17.1. The molecule has 1 aromatic heterocycles. The summed E-state index contributed by atoms with van der Waals surface area (Å²) >= 11 is 0. The number of hydrogen-bond acceptors (Lipinski definition) is 6. The van der Waals surface area contributed by atoms with Crippen LogP contribution in [0.5, 0.6) is 5.75 Å². The van der Waals surface area contributed by atoms with Crippen LogP contribution in [0.3, 0.4) is 0 Å². The molecule has 0 saturated heterocycles. The maximum atomic E-state index is 12.7. The third-order valence-electron chi connectivity index (χ3n) is 5.09. The molecule has 1 saturated carbocycles. The SMILES string of the molecule is COc1ccccc1-c1noc(C(C)NC(=O)C2CCCCC2(C)N)n1. The van der Waals surface area contributed by atoms with Gasteiger partial charge in [0.25, 0.3) is 0 Å². The van der Waals surface area contributed by atoms with Gasteiger partial charge in [-0.3, -0.25) is 4.79 Å². The Labute approximate surface area is 153 Å². The van der Waals surface area contributed by atoms with Crippen LogP contribution in [-0.2, 0) is 4.79 Å². The Kier molecular flexibility index (Phi) is 5.27. The molecule has 3 N–H and O–H groups in total. The third kappa shape index (κ3) is 3.72. The number of ether oxygens (including phenoxy) is 1. The van der Waals surface area contributed by atoms with E-state index in [2.05, 4.69) is 15.5 Å². The van der Waals surface area contributed by atoms with E-state index in [4.69, 9.17) is 15.0 Å². The van der Waals surface area contributed by atoms with Crippen LogP contribution in [0.2, 0.25) is 0 Å². The van der Waals surface area contributed by atoms with Gasteiger partial charge in [-0.15, -0.1) is 0 Å². The van der Waals surface area contributed by atoms with E-state index in [1.165, 1.54) is 0 Å². The number of carbonyl (C=O) groups excluding carboxylic acids is 1. The van der Waals surface area contributed by atoms with Crippen LogP contribution in [0, 0.1) is 5.92 Å². The maximum Gasteiger partial charge on any atom is 0.249 e. The van der Waals surface area contributed by atoms with Crippen molar-refractivity contribution in [2.45, 2.75) is 51.1 Å². The molecule has 0 spiro atoms. The minimum atomic E-state index is -0.473. The Morgan fingerprint density at radius 3 is 2.92 bits per heavy atom. The number of nitrogens with one attached hydrogen (secondary N) is 1. The lowest BCUT2D eigenvalue weighted by Gasteiger charge is -2.37. The fourth-order valence-electron chi connectivity index (χ4n) is 3.51. The molecular formula is C19H26N4O3. The summed E-state index contributed by atoms with van der Waals surface area (Å²) in [6.45, 7) is 3.78. The van der Waals surface area contributed by atoms with Gasteiger partial charge in [-0.05, 0) is 38.8 Å². The highest BCUT2D eigenvalue weighted by Gasteiger charge is 2.38. The molecule has 1 heterocycles. The van der Waals surface area contributed by atoms with Gasteiger partial charge in [-0.1, -0.05) is 30.1 Å². The number of amides is 1. The summed E-state index contributed by atoms with van der Waals surface area (Å²) in [6.07, 6.45) is 3.76. The Bertz CT molecular complexity index is 772. The predicted octanol–water partition coefficient (Wildman–Crippen LogP) is 2.83. The molecule has 3 unspecified atom stereocenters. The number of hydrogen-bond donors (Lipinski definition) is 2. The van der Waals surface area contributed by atoms with E-state index in [-0.39, 0.29) is 11.8 Å². The lowest BCUT2D eigenvalue weighted by molar-refractivity contribution is -0.129. The van der Waals surface area contributed by atoms with E-state index >= 15 is 0 Å². The molecule has 0 bridgehead atoms. The Hall–Kier alpha value is -2.41. The van der Waals surface area contributed by atoms with Crippen molar-refractivity contribution in [3.63, 3.8) is 0 Å². The van der Waals surface area contributed by atoms with E-state index in [0.717, 1.165) is 31.2 Å². The fourth-order valence-corrected chi connectivity index (χ4v) is 3.51. The largest absolute Gasteiger partial charge is 0.496 e. The summed E-state index contributed by atoms with van der Waals surface area (Å²) in [5.74, 6) is 1.20. The van der Waals surface area contributed by atoms with Crippen LogP contribution < -0.4 is 15.8 Å². The fraction of sp³-hybridized carbons (Fsp3) is 0.526. The zero-order chi connectivity index (χ0) is 18.7. The number of nitrogens with two attached hydrogens (primary N) is 1. The highest BCUT2D eigenvalue weighted by Crippen LogP contribution is 2.32. The van der Waals surface area contributed by atoms with E-state index in [0.29, 0.717) is 17.5 Å². The van der Waals surface area contributed by atoms with Gasteiger partial charge in [0.15, 0.2) is 0 Å². The second kappa shape index (κ2) is 7.45. The molecule has 3 atom stereocenters. The van der Waals surface area contributed by atoms with E-state index in [1.54, 1.807) is 7.11 Å². The van der Waals surface area contributed by atoms with E-state index in [1.807, 2.05) is 38.1 Å². The number of carbonyl (C=O) groups is 1. The summed E-state index contributed by atoms with van der Waals surface area (Å²) < 4.78 is 10.7. The smallest absolute Gasteiger partial charge is 0.249 e. The second-order valence-electron chi connectivity index (χ2n) is 7.19. The molecule has 7 heteroatoms. The summed E-state index contributed by atoms with van der Waals surface area (Å²) in [5.41, 5.74) is 6.59. The molecule has 1 aliphatic carbocycles. The van der Waals surface area contributed by atoms with Gasteiger partial charge in [-0.2, -0.15) is 4.98 Å². The van der Waals surface area contributed by atoms with Crippen molar-refractivity contribution in [3.05, 3.63) is 30.2 Å². The van der Waals surface area contributed by atoms with Gasteiger partial charge in [0.05, 0.1) is 18.6 Å². The molecule has 0 radical (unpaired) electrons. The number of aromatic nitrogens is 2. The Morgan fingerprint density at radius 2 is 2.19 bits per heavy atom. The summed E-state index contributed by atoms with van der Waals surface area (Å²) in [7, 11) is 1.59. The van der Waals surface area contributed by atoms with E-state index in [9.17, 15) is 4.79 Å². The van der Waals surface area contributed by atoms with Gasteiger partial charge in [0.1, 0.15) is 11.8 Å². The van der Waals surface area contributed by atoms with Crippen molar-refractivity contribution >= 4 is 5.91 Å². The lowest BCUT2D eigenvalue weighted by atomic mass is 9.74. The number of rotatable bonds is 5. The average molecular weight is 358 g/mol. The average Bonchev–Trinajstić information content (AvgIpc) is 3.11. The van der Waals surface area contributed by atoms with Gasteiger partial charge in [0, 0.05) is 5.54 Å². The van der Waals surface area contributed by atoms with Crippen molar-refractivity contribution in [1.29, 1.82) is 0 Å². The number of methoxy groups -OCH3 is 1. The molecule has 2 aromatic rings. The Balaban J connectivity index is 1.72. The van der Waals surface area contributed by atoms with Gasteiger partial charge in [0.2, 0.25) is 17.6 Å². The molecule has 140 valence electrons. The Morgan fingerprint density at radius 1 is 1.42 bits per heavy atom. The van der Waals surface area contributed by atoms with E-state index < -0.39 is 11.6 Å². The van der Waals surface area contributed by atoms with Crippen molar-refractivity contribution < 1.29 is 14.1 Å². The summed E-state index contributed by atoms with van der Waals surface area (Å²) in [6, 6.07) is 7.06. The number of benzene rings is 1. The van der Waals surface area contributed by atoms with Crippen molar-refractivity contribution in [2.75, 3.05) is 7.11 Å². The molecule has 1 aromatic carbocycles. The molecule has 1 aliphatic rings. The third-order valence-corrected chi connectivity index (χ3v) is 5.09. The zero-order valence-electron chi connectivity index (χ0n) is 15.5. The first-order valence-electron chi connectivity index (χ1n) is 8.98. The monoisotopic (exact) mass is 358 g/mol. The lowest BCUT2D eigenvalue weighted by Crippen LogP contribution is -2.53. The van der Waals surface area contributed by atoms with Crippen LogP contribution in [0.15, 0.2) is 28.8 Å². The number of para-hydroxylation sites is 1. The first-order chi connectivity index (χ1) is 12.4. The zero-order valence-corrected chi connectivity index (χ0v) is 15.5. The van der Waals surface area contributed by atoms with Gasteiger partial charge < -0.3 is 20.3 Å². The molecule has 1 amide bonds. The molecule has 0 aliphatic heterocycles. The second-order valence-corrected chi connectivity index (χ2v) is 7.19. The maximum absolute atomic E-state index is 12.7. The first kappa shape index (κ1) is 18.4. The topological polar surface area (TPSA) is 103 Å². The minimum absolute atomic E-state index is 0.0563. The standard InChI is InChI=1S/C19H26N4O3/c1-12(21-17(24)14-9-6-7-11-19(14,2)20)18-22-16(23-26-18)13-8-4-5-10-15(13)25-3/h4-5,8,10,12,14H,6-7,9,11,20H2,1-3H3,(H,21,24). The van der Waals surface area contributed by atoms with Crippen molar-refractivity contribution in [3.8, 4) is 17.1 Å². The molecule has 26 heavy (non-hydrogen) atoms. The minimum Gasteiger partial charge on any atom is -0.496 e. The molecule has 7 nitrogen and oxygen atoms in total. The van der Waals surface area contributed by atoms with Crippen LogP contribution in [0.4, 0.5) is 0 Å². The number of nitrogens with zero attached hydrogens (tertiary/aromatic N) is 2. The normalized spacial score (nSPS) is 24.1. The van der Waals surface area contributed by atoms with Crippen molar-refractivity contribution in [1.82, 2.24) is 15.5 Å². The molecule has 3 rings (SSSR count). The molecule has 1 fully saturated rings. The van der Waals surface area contributed by atoms with Crippen LogP contribution in [0.25, 0.3) is 11.4 Å². The van der Waals surface area contributed by atoms with Crippen LogP contribution >= 0.6 is 0 Å². The van der Waals surface area contributed by atoms with Crippen LogP contribution in [0.1, 0.15) is 51.5 Å². The summed E-state index contributed by atoms with van der Waals surface area (Å²) in [5, 5.41) is 6.99. The van der Waals surface area contributed by atoms with Crippen LogP contribution in [-0.4, -0.2) is 28.7 Å². The molecular weight excluding hydrogens is 332 g/mol.